The molecular weight excluding hydrogens is 1030 g/mol. The Morgan fingerprint density at radius 1 is 0.556 bits per heavy atom. The summed E-state index contributed by atoms with van der Waals surface area (Å²) in [6, 6.07) is 49.5. The number of rotatable bonds is 23. The highest BCUT2D eigenvalue weighted by Crippen LogP contribution is 2.48. The number of hydrogen-bond donors (Lipinski definition) is 1. The third kappa shape index (κ3) is 12.6. The molecule has 0 spiro atoms. The van der Waals surface area contributed by atoms with Crippen LogP contribution in [0, 0.1) is 34.0 Å². The van der Waals surface area contributed by atoms with Gasteiger partial charge in [0.05, 0.1) is 52.9 Å². The minimum atomic E-state index is -0.404. The van der Waals surface area contributed by atoms with Gasteiger partial charge in [-0.25, -0.2) is 0 Å². The number of allylic oxidation sites excluding steroid dienone is 1. The van der Waals surface area contributed by atoms with E-state index in [9.17, 15) is 20.6 Å². The lowest BCUT2D eigenvalue weighted by atomic mass is 9.94. The summed E-state index contributed by atoms with van der Waals surface area (Å²) < 4.78 is 11.5. The highest BCUT2D eigenvalue weighted by atomic mass is 32.1. The van der Waals surface area contributed by atoms with E-state index in [1.807, 2.05) is 94.7 Å². The predicted octanol–water partition coefficient (Wildman–Crippen LogP) is 14.0. The molecule has 1 aromatic heterocycles. The number of aromatic nitrogens is 1. The average molecular weight is 1090 g/mol. The Labute approximate surface area is 478 Å². The Kier molecular flexibility index (Phi) is 18.6. The van der Waals surface area contributed by atoms with E-state index in [-0.39, 0.29) is 22.1 Å². The number of nitrogens with one attached hydrogen (secondary N) is 1. The number of ether oxygens (including phenoxy) is 2. The SMILES string of the molecule is CCCCCCCCN1C(=O)/C(=C2\C(=O)N(CCCCCCCC)c3cc(-c4ccc(N(c5ccc(OC)cc5)c5ccc(OC)cc5)cc4)ccc32)c2ccc(/C=C(\C#N)c3ccc(/C=c4/sc(=C(C#N)C#N)[nH]c4=O)cc3)cc21. The van der Waals surface area contributed by atoms with E-state index in [1.165, 1.54) is 12.8 Å². The first-order chi connectivity index (χ1) is 39.6. The fourth-order valence-electron chi connectivity index (χ4n) is 10.6. The molecule has 12 nitrogen and oxygen atoms in total. The number of unbranched alkanes of at least 4 members (excludes halogenated alkanes) is 10. The van der Waals surface area contributed by atoms with Crippen molar-refractivity contribution >= 4 is 86.0 Å². The number of carbonyl (C=O) groups excluding carboxylic acids is 2. The van der Waals surface area contributed by atoms with Gasteiger partial charge in [-0.15, -0.1) is 11.3 Å². The van der Waals surface area contributed by atoms with Gasteiger partial charge in [0.15, 0.2) is 5.57 Å². The average Bonchev–Trinajstić information content (AvgIpc) is 3.44. The number of aromatic amines is 1. The molecule has 0 fully saturated rings. The fraction of sp³-hybridized carbons (Fsp3) is 0.265. The standard InChI is InChI=1S/C68H65N7O5S/c1-5-7-9-11-13-15-37-73-60-40-47(39-51(43-69)49-20-17-46(18-21-49)41-62-65(76)72-66(81-62)52(44-70)45-71)19-35-58(60)63(67(73)77)64-59-36-24-50(42-61(59)74(68(64)78)38-16-14-12-10-8-6-2)48-22-25-53(26-23-48)75(54-27-31-56(79-3)32-28-54)55-29-33-57(80-4)34-30-55/h17-36,39-42H,5-16,37-38H2,1-4H3,(H,72,76)/b51-39+,62-41+,64-63-. The van der Waals surface area contributed by atoms with Gasteiger partial charge in [0.2, 0.25) is 0 Å². The van der Waals surface area contributed by atoms with Crippen LogP contribution in [0.25, 0.3) is 45.6 Å². The van der Waals surface area contributed by atoms with Gasteiger partial charge in [-0.3, -0.25) is 14.4 Å². The van der Waals surface area contributed by atoms with Gasteiger partial charge in [0.25, 0.3) is 17.4 Å². The number of amides is 2. The van der Waals surface area contributed by atoms with Gasteiger partial charge in [-0.05, 0) is 126 Å². The summed E-state index contributed by atoms with van der Waals surface area (Å²) in [6.45, 7) is 5.41. The third-order valence-corrected chi connectivity index (χ3v) is 16.0. The van der Waals surface area contributed by atoms with Gasteiger partial charge in [-0.1, -0.05) is 139 Å². The van der Waals surface area contributed by atoms with Crippen LogP contribution in [0.3, 0.4) is 0 Å². The monoisotopic (exact) mass is 1090 g/mol. The molecule has 6 aromatic carbocycles. The van der Waals surface area contributed by atoms with Crippen molar-refractivity contribution in [2.45, 2.75) is 90.9 Å². The topological polar surface area (TPSA) is 167 Å². The molecule has 81 heavy (non-hydrogen) atoms. The van der Waals surface area contributed by atoms with Gasteiger partial charge in [0.1, 0.15) is 28.3 Å². The van der Waals surface area contributed by atoms with Crippen LogP contribution in [-0.4, -0.2) is 44.1 Å². The molecule has 0 saturated heterocycles. The Morgan fingerprint density at radius 3 is 1.53 bits per heavy atom. The van der Waals surface area contributed by atoms with Crippen molar-refractivity contribution in [2.75, 3.05) is 42.0 Å². The molecule has 0 bridgehead atoms. The maximum absolute atomic E-state index is 15.2. The van der Waals surface area contributed by atoms with E-state index < -0.39 is 5.56 Å². The minimum Gasteiger partial charge on any atom is -0.497 e. The maximum atomic E-state index is 15.2. The van der Waals surface area contributed by atoms with E-state index in [0.717, 1.165) is 132 Å². The first kappa shape index (κ1) is 56.5. The van der Waals surface area contributed by atoms with E-state index in [0.29, 0.717) is 56.7 Å². The zero-order valence-corrected chi connectivity index (χ0v) is 47.2. The number of nitrogens with zero attached hydrogens (tertiary/aromatic N) is 6. The molecule has 13 heteroatoms. The summed E-state index contributed by atoms with van der Waals surface area (Å²) in [4.78, 5) is 51.6. The molecule has 0 atom stereocenters. The third-order valence-electron chi connectivity index (χ3n) is 15.0. The summed E-state index contributed by atoms with van der Waals surface area (Å²) >= 11 is 1.03. The lowest BCUT2D eigenvalue weighted by Gasteiger charge is -2.26. The van der Waals surface area contributed by atoms with E-state index in [2.05, 4.69) is 66.2 Å². The van der Waals surface area contributed by atoms with Crippen LogP contribution < -0.4 is 38.9 Å². The molecule has 0 aliphatic carbocycles. The quantitative estimate of drug-likeness (QED) is 0.0284. The summed E-state index contributed by atoms with van der Waals surface area (Å²) in [5.74, 6) is 1.15. The second kappa shape index (κ2) is 26.6. The summed E-state index contributed by atoms with van der Waals surface area (Å²) in [6.07, 6.45) is 16.1. The number of benzene rings is 6. The highest BCUT2D eigenvalue weighted by molar-refractivity contribution is 7.07. The first-order valence-corrected chi connectivity index (χ1v) is 28.8. The van der Waals surface area contributed by atoms with E-state index in [1.54, 1.807) is 50.6 Å². The number of carbonyl (C=O) groups is 2. The normalized spacial score (nSPS) is 13.9. The number of thiazole rings is 1. The van der Waals surface area contributed by atoms with Crippen molar-refractivity contribution in [3.05, 3.63) is 181 Å². The molecular formula is C68H65N7O5S. The van der Waals surface area contributed by atoms with Gasteiger partial charge in [0, 0.05) is 41.3 Å². The van der Waals surface area contributed by atoms with Crippen molar-refractivity contribution in [3.8, 4) is 40.8 Å². The van der Waals surface area contributed by atoms with Crippen LogP contribution in [0.5, 0.6) is 11.5 Å². The van der Waals surface area contributed by atoms with Crippen LogP contribution in [0.4, 0.5) is 28.4 Å². The van der Waals surface area contributed by atoms with Crippen LogP contribution in [0.1, 0.15) is 119 Å². The summed E-state index contributed by atoms with van der Waals surface area (Å²) in [5, 5.41) is 29.1. The number of hydrogen-bond acceptors (Lipinski definition) is 10. The number of anilines is 5. The van der Waals surface area contributed by atoms with Gasteiger partial charge < -0.3 is 29.2 Å². The predicted molar refractivity (Wildman–Crippen MR) is 327 cm³/mol. The van der Waals surface area contributed by atoms with Crippen molar-refractivity contribution in [3.63, 3.8) is 0 Å². The Hall–Kier alpha value is -9.22. The largest absolute Gasteiger partial charge is 0.497 e. The van der Waals surface area contributed by atoms with Gasteiger partial charge in [-0.2, -0.15) is 15.8 Å². The lowest BCUT2D eigenvalue weighted by Crippen LogP contribution is -2.30. The second-order valence-electron chi connectivity index (χ2n) is 20.3. The van der Waals surface area contributed by atoms with E-state index in [4.69, 9.17) is 9.47 Å². The van der Waals surface area contributed by atoms with Crippen LogP contribution in [0.15, 0.2) is 138 Å². The maximum Gasteiger partial charge on any atom is 0.266 e. The van der Waals surface area contributed by atoms with Crippen LogP contribution in [0.2, 0.25) is 0 Å². The zero-order valence-electron chi connectivity index (χ0n) is 46.4. The van der Waals surface area contributed by atoms with Crippen molar-refractivity contribution in [2.24, 2.45) is 0 Å². The molecule has 2 amide bonds. The summed E-state index contributed by atoms with van der Waals surface area (Å²) in [7, 11) is 3.32. The summed E-state index contributed by atoms with van der Waals surface area (Å²) in [5.41, 5.74) is 10.4. The minimum absolute atomic E-state index is 0.165. The highest BCUT2D eigenvalue weighted by Gasteiger charge is 2.42. The molecule has 0 unspecified atom stereocenters. The molecule has 9 rings (SSSR count). The molecule has 2 aliphatic rings. The Balaban J connectivity index is 1.08. The molecule has 0 saturated carbocycles. The van der Waals surface area contributed by atoms with Crippen molar-refractivity contribution in [1.82, 2.24) is 4.98 Å². The lowest BCUT2D eigenvalue weighted by molar-refractivity contribution is -0.114. The zero-order chi connectivity index (χ0) is 56.8. The Morgan fingerprint density at radius 2 is 1.02 bits per heavy atom. The molecule has 2 aliphatic heterocycles. The van der Waals surface area contributed by atoms with Gasteiger partial charge >= 0.3 is 0 Å². The molecule has 408 valence electrons. The molecule has 3 heterocycles. The molecule has 1 N–H and O–H groups in total. The number of H-pyrrole nitrogens is 1. The van der Waals surface area contributed by atoms with Crippen molar-refractivity contribution < 1.29 is 19.1 Å². The molecule has 7 aromatic rings. The van der Waals surface area contributed by atoms with Crippen LogP contribution in [-0.2, 0) is 9.59 Å². The van der Waals surface area contributed by atoms with E-state index >= 15 is 9.59 Å². The molecule has 0 radical (unpaired) electrons. The first-order valence-electron chi connectivity index (χ1n) is 27.9. The number of methoxy groups -OCH3 is 2. The van der Waals surface area contributed by atoms with Crippen molar-refractivity contribution in [1.29, 1.82) is 15.8 Å². The number of nitriles is 3. The van der Waals surface area contributed by atoms with Crippen LogP contribution >= 0.6 is 11.3 Å². The number of fused-ring (bicyclic) bond motifs is 2. The smallest absolute Gasteiger partial charge is 0.266 e. The second-order valence-corrected chi connectivity index (χ2v) is 21.3. The Bertz CT molecular complexity index is 3750. The fourth-order valence-corrected chi connectivity index (χ4v) is 11.5.